The van der Waals surface area contributed by atoms with E-state index in [2.05, 4.69) is 10.4 Å². The predicted molar refractivity (Wildman–Crippen MR) is 71.8 cm³/mol. The molecule has 0 aliphatic carbocycles. The van der Waals surface area contributed by atoms with Crippen molar-refractivity contribution in [3.63, 3.8) is 0 Å². The van der Waals surface area contributed by atoms with Gasteiger partial charge in [-0.3, -0.25) is 4.79 Å². The molecule has 0 aliphatic heterocycles. The summed E-state index contributed by atoms with van der Waals surface area (Å²) in [7, 11) is 0. The van der Waals surface area contributed by atoms with E-state index in [1.165, 1.54) is 0 Å². The molecule has 1 amide bonds. The molecule has 0 aliphatic rings. The number of carbonyl (C=O) groups excluding carboxylic acids is 1. The van der Waals surface area contributed by atoms with Crippen LogP contribution in [0.5, 0.6) is 0 Å². The van der Waals surface area contributed by atoms with Crippen LogP contribution >= 0.6 is 11.3 Å². The van der Waals surface area contributed by atoms with E-state index in [1.807, 2.05) is 41.2 Å². The number of nitrogens with zero attached hydrogens (tertiary/aromatic N) is 2. The number of pyridine rings is 1. The molecule has 0 saturated heterocycles. The smallest absolute Gasteiger partial charge is 0.228 e. The van der Waals surface area contributed by atoms with E-state index in [0.29, 0.717) is 6.42 Å². The quantitative estimate of drug-likeness (QED) is 0.784. The molecule has 0 spiro atoms. The van der Waals surface area contributed by atoms with Gasteiger partial charge in [-0.25, -0.2) is 4.52 Å². The van der Waals surface area contributed by atoms with Crippen LogP contribution in [0.2, 0.25) is 0 Å². The van der Waals surface area contributed by atoms with Gasteiger partial charge in [0.15, 0.2) is 0 Å². The minimum Gasteiger partial charge on any atom is -0.326 e. The molecule has 1 N–H and O–H groups in total. The number of nitrogens with one attached hydrogen (secondary N) is 1. The Bertz CT molecular complexity index is 672. The molecule has 0 fully saturated rings. The minimum absolute atomic E-state index is 0.00253. The number of fused-ring (bicyclic) bond motifs is 1. The van der Waals surface area contributed by atoms with Crippen molar-refractivity contribution in [1.29, 1.82) is 0 Å². The van der Waals surface area contributed by atoms with E-state index in [9.17, 15) is 4.79 Å². The summed E-state index contributed by atoms with van der Waals surface area (Å²) in [4.78, 5) is 11.8. The largest absolute Gasteiger partial charge is 0.326 e. The van der Waals surface area contributed by atoms with E-state index in [0.717, 1.165) is 16.8 Å². The number of anilines is 1. The summed E-state index contributed by atoms with van der Waals surface area (Å²) >= 11 is 1.60. The molecule has 0 bridgehead atoms. The van der Waals surface area contributed by atoms with Crippen molar-refractivity contribution in [2.75, 3.05) is 5.32 Å². The van der Waals surface area contributed by atoms with Gasteiger partial charge in [0.25, 0.3) is 0 Å². The van der Waals surface area contributed by atoms with Crippen LogP contribution in [0.1, 0.15) is 5.56 Å². The Morgan fingerprint density at radius 1 is 1.39 bits per heavy atom. The van der Waals surface area contributed by atoms with Gasteiger partial charge in [0, 0.05) is 18.1 Å². The number of rotatable bonds is 3. The van der Waals surface area contributed by atoms with Crippen molar-refractivity contribution in [3.05, 3.63) is 53.0 Å². The van der Waals surface area contributed by atoms with Crippen LogP contribution in [-0.2, 0) is 11.2 Å². The molecule has 0 atom stereocenters. The van der Waals surface area contributed by atoms with E-state index in [-0.39, 0.29) is 5.91 Å². The molecule has 0 saturated carbocycles. The first-order valence-electron chi connectivity index (χ1n) is 5.55. The lowest BCUT2D eigenvalue weighted by Gasteiger charge is -2.04. The average molecular weight is 257 g/mol. The second-order valence-corrected chi connectivity index (χ2v) is 4.75. The van der Waals surface area contributed by atoms with Gasteiger partial charge in [0.1, 0.15) is 0 Å². The Balaban J connectivity index is 1.73. The van der Waals surface area contributed by atoms with Gasteiger partial charge in [-0.05, 0) is 40.6 Å². The number of amides is 1. The fourth-order valence-electron chi connectivity index (χ4n) is 1.78. The SMILES string of the molecule is O=C(Cc1ccsc1)Nc1ccn2nccc2c1. The van der Waals surface area contributed by atoms with Crippen molar-refractivity contribution in [2.24, 2.45) is 0 Å². The molecular formula is C13H11N3OS. The maximum Gasteiger partial charge on any atom is 0.228 e. The molecule has 4 nitrogen and oxygen atoms in total. The lowest BCUT2D eigenvalue weighted by atomic mass is 10.2. The number of hydrogen-bond acceptors (Lipinski definition) is 3. The zero-order chi connectivity index (χ0) is 12.4. The number of carbonyl (C=O) groups is 1. The predicted octanol–water partition coefficient (Wildman–Crippen LogP) is 2.58. The maximum absolute atomic E-state index is 11.8. The van der Waals surface area contributed by atoms with Gasteiger partial charge in [0.2, 0.25) is 5.91 Å². The van der Waals surface area contributed by atoms with Crippen molar-refractivity contribution in [3.8, 4) is 0 Å². The summed E-state index contributed by atoms with van der Waals surface area (Å²) < 4.78 is 1.76. The number of thiophene rings is 1. The molecule has 3 aromatic rings. The lowest BCUT2D eigenvalue weighted by Crippen LogP contribution is -2.14. The van der Waals surface area contributed by atoms with Crippen LogP contribution in [0.4, 0.5) is 5.69 Å². The van der Waals surface area contributed by atoms with Crippen LogP contribution in [0, 0.1) is 0 Å². The third kappa shape index (κ3) is 2.26. The van der Waals surface area contributed by atoms with E-state index < -0.39 is 0 Å². The Kier molecular flexibility index (Phi) is 2.82. The summed E-state index contributed by atoms with van der Waals surface area (Å²) in [5.41, 5.74) is 2.80. The first kappa shape index (κ1) is 11.0. The van der Waals surface area contributed by atoms with Crippen LogP contribution in [-0.4, -0.2) is 15.5 Å². The highest BCUT2D eigenvalue weighted by atomic mass is 32.1. The number of aromatic nitrogens is 2. The Morgan fingerprint density at radius 2 is 2.33 bits per heavy atom. The van der Waals surface area contributed by atoms with Crippen LogP contribution in [0.25, 0.3) is 5.52 Å². The van der Waals surface area contributed by atoms with Gasteiger partial charge in [-0.2, -0.15) is 16.4 Å². The van der Waals surface area contributed by atoms with Crippen molar-refractivity contribution in [2.45, 2.75) is 6.42 Å². The fraction of sp³-hybridized carbons (Fsp3) is 0.0769. The maximum atomic E-state index is 11.8. The molecular weight excluding hydrogens is 246 g/mol. The highest BCUT2D eigenvalue weighted by molar-refractivity contribution is 7.08. The zero-order valence-corrected chi connectivity index (χ0v) is 10.4. The van der Waals surface area contributed by atoms with Crippen LogP contribution in [0.3, 0.4) is 0 Å². The summed E-state index contributed by atoms with van der Waals surface area (Å²) in [6, 6.07) is 7.60. The molecule has 0 radical (unpaired) electrons. The summed E-state index contributed by atoms with van der Waals surface area (Å²) in [5.74, 6) is -0.00253. The van der Waals surface area contributed by atoms with E-state index in [4.69, 9.17) is 0 Å². The molecule has 0 aromatic carbocycles. The highest BCUT2D eigenvalue weighted by Crippen LogP contribution is 2.13. The van der Waals surface area contributed by atoms with Gasteiger partial charge < -0.3 is 5.32 Å². The molecule has 18 heavy (non-hydrogen) atoms. The normalized spacial score (nSPS) is 10.7. The van der Waals surface area contributed by atoms with Gasteiger partial charge >= 0.3 is 0 Å². The van der Waals surface area contributed by atoms with Crippen molar-refractivity contribution < 1.29 is 4.79 Å². The Labute approximate surface area is 108 Å². The van der Waals surface area contributed by atoms with Gasteiger partial charge in [0.05, 0.1) is 11.9 Å². The van der Waals surface area contributed by atoms with Gasteiger partial charge in [-0.15, -0.1) is 0 Å². The van der Waals surface area contributed by atoms with Crippen LogP contribution in [0.15, 0.2) is 47.4 Å². The van der Waals surface area contributed by atoms with E-state index in [1.54, 1.807) is 22.0 Å². The second kappa shape index (κ2) is 4.62. The Morgan fingerprint density at radius 3 is 3.17 bits per heavy atom. The lowest BCUT2D eigenvalue weighted by molar-refractivity contribution is -0.115. The van der Waals surface area contributed by atoms with Gasteiger partial charge in [-0.1, -0.05) is 0 Å². The third-order valence-electron chi connectivity index (χ3n) is 2.63. The highest BCUT2D eigenvalue weighted by Gasteiger charge is 2.05. The fourth-order valence-corrected chi connectivity index (χ4v) is 2.45. The Hall–Kier alpha value is -2.14. The molecule has 3 rings (SSSR count). The summed E-state index contributed by atoms with van der Waals surface area (Å²) in [6.45, 7) is 0. The molecule has 3 aromatic heterocycles. The molecule has 5 heteroatoms. The van der Waals surface area contributed by atoms with Crippen molar-refractivity contribution >= 4 is 28.4 Å². The zero-order valence-electron chi connectivity index (χ0n) is 9.54. The molecule has 3 heterocycles. The summed E-state index contributed by atoms with van der Waals surface area (Å²) in [6.07, 6.45) is 3.97. The second-order valence-electron chi connectivity index (χ2n) is 3.97. The topological polar surface area (TPSA) is 46.4 Å². The van der Waals surface area contributed by atoms with Crippen LogP contribution < -0.4 is 5.32 Å². The first-order valence-corrected chi connectivity index (χ1v) is 6.50. The minimum atomic E-state index is -0.00253. The van der Waals surface area contributed by atoms with Crippen molar-refractivity contribution in [1.82, 2.24) is 9.61 Å². The summed E-state index contributed by atoms with van der Waals surface area (Å²) in [5, 5.41) is 11.0. The van der Waals surface area contributed by atoms with E-state index >= 15 is 0 Å². The third-order valence-corrected chi connectivity index (χ3v) is 3.36. The number of hydrogen-bond donors (Lipinski definition) is 1. The standard InChI is InChI=1S/C13H11N3OS/c17-13(7-10-3-6-18-9-10)15-11-2-5-16-12(8-11)1-4-14-16/h1-6,8-9H,7H2,(H,15,17). The first-order chi connectivity index (χ1) is 8.81. The monoisotopic (exact) mass is 257 g/mol. The average Bonchev–Trinajstić information content (AvgIpc) is 2.98. The molecule has 90 valence electrons. The molecule has 0 unspecified atom stereocenters.